The quantitative estimate of drug-likeness (QED) is 0.535. The van der Waals surface area contributed by atoms with Crippen molar-refractivity contribution in [3.8, 4) is 17.2 Å². The summed E-state index contributed by atoms with van der Waals surface area (Å²) < 4.78 is 0. The number of pyridine rings is 1. The molecule has 0 aliphatic heterocycles. The van der Waals surface area contributed by atoms with Gasteiger partial charge in [0.05, 0.1) is 11.6 Å². The molecule has 1 N–H and O–H groups in total. The highest BCUT2D eigenvalue weighted by molar-refractivity contribution is 6.04. The number of carbonyl (C=O) groups is 1. The lowest BCUT2D eigenvalue weighted by Gasteiger charge is -2.11. The number of amides is 1. The van der Waals surface area contributed by atoms with E-state index in [2.05, 4.69) is 41.5 Å². The van der Waals surface area contributed by atoms with Crippen molar-refractivity contribution in [2.75, 3.05) is 5.32 Å². The first kappa shape index (κ1) is 17.4. The van der Waals surface area contributed by atoms with Gasteiger partial charge in [-0.15, -0.1) is 0 Å². The molecular formula is C24H17N3O. The van der Waals surface area contributed by atoms with E-state index >= 15 is 0 Å². The van der Waals surface area contributed by atoms with E-state index in [9.17, 15) is 4.79 Å². The number of aryl methyl sites for hydroxylation is 1. The predicted octanol–water partition coefficient (Wildman–Crippen LogP) is 5.33. The first-order valence-electron chi connectivity index (χ1n) is 8.90. The Balaban J connectivity index is 1.64. The van der Waals surface area contributed by atoms with Crippen molar-refractivity contribution < 1.29 is 4.79 Å². The van der Waals surface area contributed by atoms with Crippen molar-refractivity contribution in [2.24, 2.45) is 0 Å². The maximum Gasteiger partial charge on any atom is 0.255 e. The highest BCUT2D eigenvalue weighted by atomic mass is 16.1. The topological polar surface area (TPSA) is 65.8 Å². The van der Waals surface area contributed by atoms with E-state index in [0.29, 0.717) is 11.1 Å². The van der Waals surface area contributed by atoms with E-state index in [1.165, 1.54) is 0 Å². The van der Waals surface area contributed by atoms with Gasteiger partial charge in [0.15, 0.2) is 0 Å². The molecule has 0 radical (unpaired) electrons. The molecule has 0 unspecified atom stereocenters. The van der Waals surface area contributed by atoms with E-state index in [0.717, 1.165) is 33.2 Å². The molecule has 1 amide bonds. The minimum absolute atomic E-state index is 0.206. The maximum atomic E-state index is 12.5. The van der Waals surface area contributed by atoms with Crippen LogP contribution in [-0.4, -0.2) is 10.9 Å². The normalized spacial score (nSPS) is 10.4. The van der Waals surface area contributed by atoms with Gasteiger partial charge in [-0.3, -0.25) is 9.78 Å². The van der Waals surface area contributed by atoms with Crippen molar-refractivity contribution in [2.45, 2.75) is 6.92 Å². The van der Waals surface area contributed by atoms with E-state index in [1.807, 2.05) is 30.5 Å². The zero-order valence-electron chi connectivity index (χ0n) is 15.3. The summed E-state index contributed by atoms with van der Waals surface area (Å²) in [6.45, 7) is 2.05. The minimum Gasteiger partial charge on any atom is -0.322 e. The third kappa shape index (κ3) is 3.46. The number of anilines is 1. The molecule has 0 fully saturated rings. The molecule has 4 heteroatoms. The number of nitriles is 1. The smallest absolute Gasteiger partial charge is 0.255 e. The highest BCUT2D eigenvalue weighted by Crippen LogP contribution is 2.29. The highest BCUT2D eigenvalue weighted by Gasteiger charge is 2.09. The summed E-state index contributed by atoms with van der Waals surface area (Å²) in [6, 6.07) is 22.8. The summed E-state index contributed by atoms with van der Waals surface area (Å²) in [5.41, 5.74) is 5.02. The summed E-state index contributed by atoms with van der Waals surface area (Å²) in [7, 11) is 0. The van der Waals surface area contributed by atoms with Gasteiger partial charge in [0.1, 0.15) is 0 Å². The Kier molecular flexibility index (Phi) is 4.57. The van der Waals surface area contributed by atoms with Crippen molar-refractivity contribution in [1.82, 2.24) is 4.98 Å². The minimum atomic E-state index is -0.206. The lowest BCUT2D eigenvalue weighted by atomic mass is 9.98. The number of carbonyl (C=O) groups excluding carboxylic acids is 1. The van der Waals surface area contributed by atoms with Crippen molar-refractivity contribution in [3.63, 3.8) is 0 Å². The fourth-order valence-electron chi connectivity index (χ4n) is 3.16. The molecule has 0 saturated carbocycles. The fourth-order valence-corrected chi connectivity index (χ4v) is 3.16. The Morgan fingerprint density at radius 2 is 1.79 bits per heavy atom. The number of benzene rings is 3. The molecule has 4 aromatic rings. The van der Waals surface area contributed by atoms with Crippen LogP contribution in [0.4, 0.5) is 5.69 Å². The van der Waals surface area contributed by atoms with Crippen LogP contribution in [0.2, 0.25) is 0 Å². The zero-order chi connectivity index (χ0) is 19.5. The van der Waals surface area contributed by atoms with Crippen LogP contribution in [0.3, 0.4) is 0 Å². The van der Waals surface area contributed by atoms with Crippen LogP contribution in [0.25, 0.3) is 21.9 Å². The van der Waals surface area contributed by atoms with Gasteiger partial charge < -0.3 is 5.32 Å². The molecule has 4 nitrogen and oxygen atoms in total. The number of rotatable bonds is 3. The number of hydrogen-bond donors (Lipinski definition) is 1. The number of hydrogen-bond acceptors (Lipinski definition) is 3. The summed E-state index contributed by atoms with van der Waals surface area (Å²) in [5, 5.41) is 14.0. The Bertz CT molecular complexity index is 1220. The second-order valence-electron chi connectivity index (χ2n) is 6.61. The SMILES string of the molecule is Cc1ccc(NC(=O)c2ccc(C#N)cc2)cc1-c1ccc2ccncc2c1. The van der Waals surface area contributed by atoms with Crippen LogP contribution in [-0.2, 0) is 0 Å². The van der Waals surface area contributed by atoms with Crippen LogP contribution in [0.1, 0.15) is 21.5 Å². The summed E-state index contributed by atoms with van der Waals surface area (Å²) in [5.74, 6) is -0.206. The molecule has 1 aromatic heterocycles. The molecule has 0 bridgehead atoms. The first-order valence-corrected chi connectivity index (χ1v) is 8.90. The van der Waals surface area contributed by atoms with Crippen LogP contribution >= 0.6 is 0 Å². The van der Waals surface area contributed by atoms with Gasteiger partial charge in [0, 0.05) is 29.0 Å². The second kappa shape index (κ2) is 7.34. The van der Waals surface area contributed by atoms with Gasteiger partial charge >= 0.3 is 0 Å². The molecular weight excluding hydrogens is 346 g/mol. The maximum absolute atomic E-state index is 12.5. The predicted molar refractivity (Wildman–Crippen MR) is 111 cm³/mol. The van der Waals surface area contributed by atoms with Crippen LogP contribution in [0, 0.1) is 18.3 Å². The van der Waals surface area contributed by atoms with Gasteiger partial charge in [-0.1, -0.05) is 18.2 Å². The third-order valence-electron chi connectivity index (χ3n) is 4.72. The first-order chi connectivity index (χ1) is 13.6. The van der Waals surface area contributed by atoms with Crippen molar-refractivity contribution in [1.29, 1.82) is 5.26 Å². The average molecular weight is 363 g/mol. The zero-order valence-corrected chi connectivity index (χ0v) is 15.3. The molecule has 0 aliphatic rings. The van der Waals surface area contributed by atoms with E-state index < -0.39 is 0 Å². The molecule has 0 spiro atoms. The Morgan fingerprint density at radius 3 is 2.57 bits per heavy atom. The van der Waals surface area contributed by atoms with Crippen LogP contribution in [0.5, 0.6) is 0 Å². The number of aromatic nitrogens is 1. The van der Waals surface area contributed by atoms with E-state index in [1.54, 1.807) is 30.5 Å². The largest absolute Gasteiger partial charge is 0.322 e. The molecule has 134 valence electrons. The van der Waals surface area contributed by atoms with Crippen molar-refractivity contribution >= 4 is 22.4 Å². The van der Waals surface area contributed by atoms with Crippen LogP contribution < -0.4 is 5.32 Å². The molecule has 28 heavy (non-hydrogen) atoms. The summed E-state index contributed by atoms with van der Waals surface area (Å²) in [6.07, 6.45) is 3.64. The van der Waals surface area contributed by atoms with Gasteiger partial charge in [0.25, 0.3) is 5.91 Å². The summed E-state index contributed by atoms with van der Waals surface area (Å²) >= 11 is 0. The second-order valence-corrected chi connectivity index (χ2v) is 6.61. The summed E-state index contributed by atoms with van der Waals surface area (Å²) in [4.78, 5) is 16.7. The molecule has 0 atom stereocenters. The Hall–Kier alpha value is -3.97. The van der Waals surface area contributed by atoms with Crippen LogP contribution in [0.15, 0.2) is 79.1 Å². The van der Waals surface area contributed by atoms with Gasteiger partial charge in [-0.25, -0.2) is 0 Å². The lowest BCUT2D eigenvalue weighted by Crippen LogP contribution is -2.11. The number of nitrogens with one attached hydrogen (secondary N) is 1. The molecule has 0 aliphatic carbocycles. The Morgan fingerprint density at radius 1 is 0.964 bits per heavy atom. The number of nitrogens with zero attached hydrogens (tertiary/aromatic N) is 2. The third-order valence-corrected chi connectivity index (χ3v) is 4.72. The standard InChI is InChI=1S/C24H17N3O/c1-16-2-9-22(27-24(28)19-5-3-17(14-25)4-6-19)13-23(16)20-8-7-18-10-11-26-15-21(18)12-20/h2-13,15H,1H3,(H,27,28). The number of fused-ring (bicyclic) bond motifs is 1. The molecule has 3 aromatic carbocycles. The monoisotopic (exact) mass is 363 g/mol. The average Bonchev–Trinajstić information content (AvgIpc) is 2.74. The van der Waals surface area contributed by atoms with Gasteiger partial charge in [0.2, 0.25) is 0 Å². The molecule has 1 heterocycles. The van der Waals surface area contributed by atoms with Crippen molar-refractivity contribution in [3.05, 3.63) is 95.8 Å². The Labute approximate surface area is 163 Å². The fraction of sp³-hybridized carbons (Fsp3) is 0.0417. The van der Waals surface area contributed by atoms with E-state index in [4.69, 9.17) is 5.26 Å². The lowest BCUT2D eigenvalue weighted by molar-refractivity contribution is 0.102. The molecule has 4 rings (SSSR count). The van der Waals surface area contributed by atoms with Gasteiger partial charge in [-0.2, -0.15) is 5.26 Å². The molecule has 0 saturated heterocycles. The van der Waals surface area contributed by atoms with Gasteiger partial charge in [-0.05, 0) is 77.5 Å². The van der Waals surface area contributed by atoms with E-state index in [-0.39, 0.29) is 5.91 Å².